The third kappa shape index (κ3) is 1.06. The molecule has 1 atom stereocenters. The molecule has 2 heterocycles. The minimum absolute atomic E-state index is 0.107. The third-order valence-corrected chi connectivity index (χ3v) is 1.72. The third-order valence-electron chi connectivity index (χ3n) is 1.72. The minimum atomic E-state index is -0.107. The molecule has 0 aromatic carbocycles. The highest BCUT2D eigenvalue weighted by Crippen LogP contribution is 2.10. The highest BCUT2D eigenvalue weighted by atomic mass is 14.9. The molecule has 0 aliphatic carbocycles. The smallest absolute Gasteiger partial charge is 0.145 e. The molecule has 0 saturated heterocycles. The van der Waals surface area contributed by atoms with Gasteiger partial charge in [-0.25, -0.2) is 9.97 Å². The number of hydrogen-bond donors (Lipinski definition) is 2. The van der Waals surface area contributed by atoms with Crippen molar-refractivity contribution < 1.29 is 0 Å². The first kappa shape index (κ1) is 7.24. The summed E-state index contributed by atoms with van der Waals surface area (Å²) in [7, 11) is 0. The molecule has 12 heavy (non-hydrogen) atoms. The first-order chi connectivity index (χ1) is 5.77. The lowest BCUT2D eigenvalue weighted by Crippen LogP contribution is -2.09. The van der Waals surface area contributed by atoms with E-state index in [0.717, 1.165) is 11.0 Å². The highest BCUT2D eigenvalue weighted by Gasteiger charge is 2.03. The summed E-state index contributed by atoms with van der Waals surface area (Å²) >= 11 is 0. The number of hydrogen-bond acceptors (Lipinski definition) is 3. The Labute approximate surface area is 69.8 Å². The molecule has 0 bridgehead atoms. The van der Waals surface area contributed by atoms with Crippen LogP contribution in [-0.4, -0.2) is 15.0 Å². The molecule has 62 valence electrons. The number of rotatable bonds is 1. The summed E-state index contributed by atoms with van der Waals surface area (Å²) in [6.07, 6.45) is 3.59. The van der Waals surface area contributed by atoms with Crippen LogP contribution < -0.4 is 5.73 Å². The lowest BCUT2D eigenvalue weighted by molar-refractivity contribution is 0.746. The summed E-state index contributed by atoms with van der Waals surface area (Å²) in [5, 5.41) is 0. The molecule has 0 radical (unpaired) electrons. The van der Waals surface area contributed by atoms with E-state index in [2.05, 4.69) is 15.0 Å². The molecule has 2 aromatic rings. The molecule has 0 fully saturated rings. The Balaban J connectivity index is 2.60. The summed E-state index contributed by atoms with van der Waals surface area (Å²) in [6, 6.07) is 1.80. The van der Waals surface area contributed by atoms with Crippen LogP contribution in [0.3, 0.4) is 0 Å². The molecule has 1 unspecified atom stereocenters. The van der Waals surface area contributed by atoms with Crippen LogP contribution in [0.25, 0.3) is 11.0 Å². The Kier molecular flexibility index (Phi) is 1.55. The van der Waals surface area contributed by atoms with Crippen LogP contribution in [0.5, 0.6) is 0 Å². The molecule has 2 rings (SSSR count). The number of nitrogens with one attached hydrogen (secondary N) is 1. The quantitative estimate of drug-likeness (QED) is 0.656. The van der Waals surface area contributed by atoms with Gasteiger partial charge in [0.25, 0.3) is 0 Å². The topological polar surface area (TPSA) is 67.6 Å². The van der Waals surface area contributed by atoms with Crippen molar-refractivity contribution in [3.05, 3.63) is 24.3 Å². The zero-order valence-electron chi connectivity index (χ0n) is 6.78. The van der Waals surface area contributed by atoms with Crippen molar-refractivity contribution in [3.8, 4) is 0 Å². The van der Waals surface area contributed by atoms with Gasteiger partial charge in [0.2, 0.25) is 0 Å². The van der Waals surface area contributed by atoms with E-state index in [1.165, 1.54) is 0 Å². The average Bonchev–Trinajstić information content (AvgIpc) is 2.49. The minimum Gasteiger partial charge on any atom is -0.359 e. The van der Waals surface area contributed by atoms with Crippen molar-refractivity contribution in [3.63, 3.8) is 0 Å². The van der Waals surface area contributed by atoms with E-state index >= 15 is 0 Å². The SMILES string of the molecule is CC(N)c1ncc2[nH]ccc2n1. The summed E-state index contributed by atoms with van der Waals surface area (Å²) < 4.78 is 0. The van der Waals surface area contributed by atoms with Crippen LogP contribution in [0.15, 0.2) is 18.5 Å². The first-order valence-electron chi connectivity index (χ1n) is 3.83. The van der Waals surface area contributed by atoms with Gasteiger partial charge in [-0.3, -0.25) is 0 Å². The van der Waals surface area contributed by atoms with Gasteiger partial charge in [0, 0.05) is 6.20 Å². The summed E-state index contributed by atoms with van der Waals surface area (Å²) in [6.45, 7) is 1.87. The Hall–Kier alpha value is -1.42. The second kappa shape index (κ2) is 2.57. The maximum atomic E-state index is 5.64. The maximum absolute atomic E-state index is 5.64. The Bertz CT molecular complexity index is 391. The zero-order chi connectivity index (χ0) is 8.55. The fourth-order valence-corrected chi connectivity index (χ4v) is 1.08. The second-order valence-corrected chi connectivity index (χ2v) is 2.79. The van der Waals surface area contributed by atoms with E-state index in [4.69, 9.17) is 5.73 Å². The van der Waals surface area contributed by atoms with Crippen LogP contribution in [0, 0.1) is 0 Å². The van der Waals surface area contributed by atoms with Gasteiger partial charge in [-0.15, -0.1) is 0 Å². The van der Waals surface area contributed by atoms with Gasteiger partial charge >= 0.3 is 0 Å². The van der Waals surface area contributed by atoms with Gasteiger partial charge in [-0.2, -0.15) is 0 Å². The molecule has 0 saturated carbocycles. The number of nitrogens with zero attached hydrogens (tertiary/aromatic N) is 2. The predicted molar refractivity (Wildman–Crippen MR) is 46.5 cm³/mol. The monoisotopic (exact) mass is 162 g/mol. The van der Waals surface area contributed by atoms with Gasteiger partial charge < -0.3 is 10.7 Å². The largest absolute Gasteiger partial charge is 0.359 e. The Morgan fingerprint density at radius 1 is 1.58 bits per heavy atom. The van der Waals surface area contributed by atoms with Gasteiger partial charge in [0.1, 0.15) is 5.82 Å². The van der Waals surface area contributed by atoms with Crippen LogP contribution in [0.4, 0.5) is 0 Å². The van der Waals surface area contributed by atoms with Crippen LogP contribution >= 0.6 is 0 Å². The van der Waals surface area contributed by atoms with E-state index in [1.54, 1.807) is 6.20 Å². The van der Waals surface area contributed by atoms with Gasteiger partial charge in [0.15, 0.2) is 0 Å². The number of fused-ring (bicyclic) bond motifs is 1. The second-order valence-electron chi connectivity index (χ2n) is 2.79. The number of nitrogens with two attached hydrogens (primary N) is 1. The van der Waals surface area contributed by atoms with Gasteiger partial charge in [-0.1, -0.05) is 0 Å². The van der Waals surface area contributed by atoms with Crippen molar-refractivity contribution >= 4 is 11.0 Å². The molecule has 4 heteroatoms. The van der Waals surface area contributed by atoms with Gasteiger partial charge in [-0.05, 0) is 13.0 Å². The van der Waals surface area contributed by atoms with Crippen LogP contribution in [-0.2, 0) is 0 Å². The highest BCUT2D eigenvalue weighted by molar-refractivity contribution is 5.73. The first-order valence-corrected chi connectivity index (χ1v) is 3.83. The lowest BCUT2D eigenvalue weighted by atomic mass is 10.3. The summed E-state index contributed by atoms with van der Waals surface area (Å²) in [5.41, 5.74) is 7.50. The normalized spacial score (nSPS) is 13.5. The van der Waals surface area contributed by atoms with Crippen molar-refractivity contribution in [2.45, 2.75) is 13.0 Å². The van der Waals surface area contributed by atoms with E-state index in [-0.39, 0.29) is 6.04 Å². The molecule has 3 N–H and O–H groups in total. The fraction of sp³-hybridized carbons (Fsp3) is 0.250. The van der Waals surface area contributed by atoms with Crippen molar-refractivity contribution in [1.29, 1.82) is 0 Å². The predicted octanol–water partition coefficient (Wildman–Crippen LogP) is 0.978. The molecule has 0 amide bonds. The number of aromatic nitrogens is 3. The van der Waals surface area contributed by atoms with Crippen molar-refractivity contribution in [2.24, 2.45) is 5.73 Å². The van der Waals surface area contributed by atoms with Gasteiger partial charge in [0.05, 0.1) is 23.3 Å². The zero-order valence-corrected chi connectivity index (χ0v) is 6.78. The number of H-pyrrole nitrogens is 1. The number of aromatic amines is 1. The Morgan fingerprint density at radius 3 is 3.17 bits per heavy atom. The standard InChI is InChI=1S/C8H10N4/c1-5(9)8-11-4-7-6(12-8)2-3-10-7/h2-5,10H,9H2,1H3. The van der Waals surface area contributed by atoms with E-state index in [9.17, 15) is 0 Å². The summed E-state index contributed by atoms with van der Waals surface area (Å²) in [5.74, 6) is 0.683. The molecule has 4 nitrogen and oxygen atoms in total. The van der Waals surface area contributed by atoms with E-state index in [0.29, 0.717) is 5.82 Å². The lowest BCUT2D eigenvalue weighted by Gasteiger charge is -2.01. The maximum Gasteiger partial charge on any atom is 0.145 e. The molecular weight excluding hydrogens is 152 g/mol. The molecule has 2 aromatic heterocycles. The van der Waals surface area contributed by atoms with Crippen molar-refractivity contribution in [1.82, 2.24) is 15.0 Å². The molecule has 0 aliphatic rings. The Morgan fingerprint density at radius 2 is 2.42 bits per heavy atom. The van der Waals surface area contributed by atoms with E-state index < -0.39 is 0 Å². The van der Waals surface area contributed by atoms with E-state index in [1.807, 2.05) is 19.2 Å². The average molecular weight is 162 g/mol. The summed E-state index contributed by atoms with van der Waals surface area (Å²) in [4.78, 5) is 11.4. The van der Waals surface area contributed by atoms with Crippen LogP contribution in [0.1, 0.15) is 18.8 Å². The molecular formula is C8H10N4. The fourth-order valence-electron chi connectivity index (χ4n) is 1.08. The van der Waals surface area contributed by atoms with Crippen LogP contribution in [0.2, 0.25) is 0 Å². The van der Waals surface area contributed by atoms with Crippen molar-refractivity contribution in [2.75, 3.05) is 0 Å². The molecule has 0 aliphatic heterocycles. The molecule has 0 spiro atoms.